The fraction of sp³-hybridized carbons (Fsp3) is 0.562. The van der Waals surface area contributed by atoms with Crippen molar-refractivity contribution in [3.05, 3.63) is 23.8 Å². The van der Waals surface area contributed by atoms with Gasteiger partial charge in [0.25, 0.3) is 0 Å². The summed E-state index contributed by atoms with van der Waals surface area (Å²) in [5.74, 6) is 1.43. The van der Waals surface area contributed by atoms with E-state index in [2.05, 4.69) is 5.32 Å². The number of nitrogens with one attached hydrogen (secondary N) is 1. The highest BCUT2D eigenvalue weighted by molar-refractivity contribution is 5.77. The van der Waals surface area contributed by atoms with Crippen molar-refractivity contribution in [3.63, 3.8) is 0 Å². The lowest BCUT2D eigenvalue weighted by molar-refractivity contribution is -0.119. The third-order valence-corrected chi connectivity index (χ3v) is 3.75. The molecular weight excluding hydrogens is 268 g/mol. The SMILES string of the molecule is COc1ccc(CCNC(=O)CN)cc1OC1CCCC1. The first kappa shape index (κ1) is 15.6. The lowest BCUT2D eigenvalue weighted by Crippen LogP contribution is -2.31. The summed E-state index contributed by atoms with van der Waals surface area (Å²) in [4.78, 5) is 11.1. The van der Waals surface area contributed by atoms with Gasteiger partial charge in [0.2, 0.25) is 5.91 Å². The Kier molecular flexibility index (Phi) is 5.87. The molecule has 0 atom stereocenters. The van der Waals surface area contributed by atoms with Crippen molar-refractivity contribution in [1.29, 1.82) is 0 Å². The number of nitrogens with two attached hydrogens (primary N) is 1. The van der Waals surface area contributed by atoms with E-state index in [1.807, 2.05) is 18.2 Å². The van der Waals surface area contributed by atoms with Crippen LogP contribution in [0.1, 0.15) is 31.2 Å². The number of carbonyl (C=O) groups excluding carboxylic acids is 1. The number of hydrogen-bond donors (Lipinski definition) is 2. The lowest BCUT2D eigenvalue weighted by Gasteiger charge is -2.17. The van der Waals surface area contributed by atoms with Crippen LogP contribution in [0.25, 0.3) is 0 Å². The second-order valence-corrected chi connectivity index (χ2v) is 5.31. The number of benzene rings is 1. The first-order chi connectivity index (χ1) is 10.2. The molecule has 1 amide bonds. The van der Waals surface area contributed by atoms with Crippen molar-refractivity contribution in [1.82, 2.24) is 5.32 Å². The van der Waals surface area contributed by atoms with Gasteiger partial charge in [0.05, 0.1) is 19.8 Å². The molecule has 0 heterocycles. The molecular formula is C16H24N2O3. The molecule has 3 N–H and O–H groups in total. The van der Waals surface area contributed by atoms with E-state index in [0.29, 0.717) is 12.6 Å². The van der Waals surface area contributed by atoms with Crippen LogP contribution in [-0.4, -0.2) is 32.2 Å². The molecule has 0 spiro atoms. The zero-order chi connectivity index (χ0) is 15.1. The van der Waals surface area contributed by atoms with Crippen molar-refractivity contribution in [2.45, 2.75) is 38.2 Å². The van der Waals surface area contributed by atoms with E-state index in [1.165, 1.54) is 12.8 Å². The Morgan fingerprint density at radius 3 is 2.76 bits per heavy atom. The summed E-state index contributed by atoms with van der Waals surface area (Å²) in [7, 11) is 1.65. The quantitative estimate of drug-likeness (QED) is 0.801. The van der Waals surface area contributed by atoms with Crippen LogP contribution >= 0.6 is 0 Å². The average molecular weight is 292 g/mol. The fourth-order valence-corrected chi connectivity index (χ4v) is 2.57. The molecule has 1 aromatic carbocycles. The van der Waals surface area contributed by atoms with Gasteiger partial charge < -0.3 is 20.5 Å². The molecule has 116 valence electrons. The van der Waals surface area contributed by atoms with E-state index in [9.17, 15) is 4.79 Å². The van der Waals surface area contributed by atoms with Gasteiger partial charge in [0.1, 0.15) is 0 Å². The molecule has 0 radical (unpaired) electrons. The number of methoxy groups -OCH3 is 1. The Hall–Kier alpha value is -1.75. The number of amides is 1. The highest BCUT2D eigenvalue weighted by Crippen LogP contribution is 2.32. The lowest BCUT2D eigenvalue weighted by atomic mass is 10.1. The molecule has 0 unspecified atom stereocenters. The first-order valence-corrected chi connectivity index (χ1v) is 7.53. The van der Waals surface area contributed by atoms with Gasteiger partial charge in [-0.25, -0.2) is 0 Å². The van der Waals surface area contributed by atoms with Crippen molar-refractivity contribution in [2.75, 3.05) is 20.2 Å². The molecule has 1 aromatic rings. The van der Waals surface area contributed by atoms with Gasteiger partial charge in [-0.1, -0.05) is 6.07 Å². The van der Waals surface area contributed by atoms with Crippen molar-refractivity contribution < 1.29 is 14.3 Å². The third kappa shape index (κ3) is 4.63. The van der Waals surface area contributed by atoms with Crippen molar-refractivity contribution in [2.24, 2.45) is 5.73 Å². The summed E-state index contributed by atoms with van der Waals surface area (Å²) in [6.07, 6.45) is 5.73. The molecule has 2 rings (SSSR count). The van der Waals surface area contributed by atoms with Gasteiger partial charge in [-0.15, -0.1) is 0 Å². The molecule has 5 heteroatoms. The molecule has 0 bridgehead atoms. The van der Waals surface area contributed by atoms with Crippen LogP contribution in [0.2, 0.25) is 0 Å². The maximum atomic E-state index is 11.1. The Bertz CT molecular complexity index is 471. The van der Waals surface area contributed by atoms with E-state index < -0.39 is 0 Å². The highest BCUT2D eigenvalue weighted by Gasteiger charge is 2.18. The van der Waals surface area contributed by atoms with Crippen molar-refractivity contribution >= 4 is 5.91 Å². The number of carbonyl (C=O) groups is 1. The van der Waals surface area contributed by atoms with Crippen molar-refractivity contribution in [3.8, 4) is 11.5 Å². The zero-order valence-electron chi connectivity index (χ0n) is 12.6. The summed E-state index contributed by atoms with van der Waals surface area (Å²) in [6.45, 7) is 0.601. The number of ether oxygens (including phenoxy) is 2. The van der Waals surface area contributed by atoms with E-state index in [0.717, 1.165) is 36.3 Å². The predicted octanol–water partition coefficient (Wildman–Crippen LogP) is 1.63. The molecule has 0 aliphatic heterocycles. The van der Waals surface area contributed by atoms with Crippen LogP contribution in [0.4, 0.5) is 0 Å². The normalized spacial score (nSPS) is 15.0. The van der Waals surface area contributed by atoms with Crippen LogP contribution in [0.5, 0.6) is 11.5 Å². The average Bonchev–Trinajstić information content (AvgIpc) is 3.00. The maximum absolute atomic E-state index is 11.1. The Labute approximate surface area is 125 Å². The number of hydrogen-bond acceptors (Lipinski definition) is 4. The topological polar surface area (TPSA) is 73.6 Å². The van der Waals surface area contributed by atoms with Gasteiger partial charge in [-0.2, -0.15) is 0 Å². The second-order valence-electron chi connectivity index (χ2n) is 5.31. The molecule has 0 aromatic heterocycles. The summed E-state index contributed by atoms with van der Waals surface area (Å²) in [6, 6.07) is 5.92. The summed E-state index contributed by atoms with van der Waals surface area (Å²) in [5, 5.41) is 2.77. The van der Waals surface area contributed by atoms with E-state index in [4.69, 9.17) is 15.2 Å². The molecule has 1 saturated carbocycles. The minimum absolute atomic E-state index is 0.0264. The van der Waals surface area contributed by atoms with Gasteiger partial charge in [0.15, 0.2) is 11.5 Å². The Morgan fingerprint density at radius 1 is 1.33 bits per heavy atom. The third-order valence-electron chi connectivity index (χ3n) is 3.75. The van der Waals surface area contributed by atoms with E-state index in [-0.39, 0.29) is 12.5 Å². The predicted molar refractivity (Wildman–Crippen MR) is 81.6 cm³/mol. The van der Waals surface area contributed by atoms with Gasteiger partial charge >= 0.3 is 0 Å². The maximum Gasteiger partial charge on any atom is 0.233 e. The fourth-order valence-electron chi connectivity index (χ4n) is 2.57. The van der Waals surface area contributed by atoms with Gasteiger partial charge in [0, 0.05) is 6.54 Å². The first-order valence-electron chi connectivity index (χ1n) is 7.53. The minimum Gasteiger partial charge on any atom is -0.493 e. The summed E-state index contributed by atoms with van der Waals surface area (Å²) in [5.41, 5.74) is 6.37. The molecule has 1 fully saturated rings. The van der Waals surface area contributed by atoms with Crippen LogP contribution in [0.15, 0.2) is 18.2 Å². The van der Waals surface area contributed by atoms with Crippen LogP contribution in [0, 0.1) is 0 Å². The summed E-state index contributed by atoms with van der Waals surface area (Å²) >= 11 is 0. The van der Waals surface area contributed by atoms with Crippen LogP contribution < -0.4 is 20.5 Å². The van der Waals surface area contributed by atoms with Gasteiger partial charge in [-0.05, 0) is 49.8 Å². The van der Waals surface area contributed by atoms with Crippen LogP contribution in [0.3, 0.4) is 0 Å². The Morgan fingerprint density at radius 2 is 2.10 bits per heavy atom. The van der Waals surface area contributed by atoms with Crippen LogP contribution in [-0.2, 0) is 11.2 Å². The largest absolute Gasteiger partial charge is 0.493 e. The van der Waals surface area contributed by atoms with Gasteiger partial charge in [-0.3, -0.25) is 4.79 Å². The minimum atomic E-state index is -0.133. The molecule has 0 saturated heterocycles. The summed E-state index contributed by atoms with van der Waals surface area (Å²) < 4.78 is 11.4. The second kappa shape index (κ2) is 7.88. The zero-order valence-corrected chi connectivity index (χ0v) is 12.6. The smallest absolute Gasteiger partial charge is 0.233 e. The molecule has 1 aliphatic carbocycles. The standard InChI is InChI=1S/C16H24N2O3/c1-20-14-7-6-12(8-9-18-16(19)11-17)10-15(14)21-13-4-2-3-5-13/h6-7,10,13H,2-5,8-9,11,17H2,1H3,(H,18,19). The van der Waals surface area contributed by atoms with E-state index in [1.54, 1.807) is 7.11 Å². The molecule has 1 aliphatic rings. The molecule has 5 nitrogen and oxygen atoms in total. The Balaban J connectivity index is 1.97. The highest BCUT2D eigenvalue weighted by atomic mass is 16.5. The monoisotopic (exact) mass is 292 g/mol. The number of rotatable bonds is 7. The van der Waals surface area contributed by atoms with E-state index >= 15 is 0 Å². The molecule has 21 heavy (non-hydrogen) atoms.